The normalized spacial score (nSPS) is 21.2. The number of carbonyl (C=O) groups excluding carboxylic acids is 1. The highest BCUT2D eigenvalue weighted by Crippen LogP contribution is 2.28. The third-order valence-corrected chi connectivity index (χ3v) is 4.74. The Bertz CT molecular complexity index is 288. The van der Waals surface area contributed by atoms with Gasteiger partial charge in [0.05, 0.1) is 17.7 Å². The van der Waals surface area contributed by atoms with Crippen LogP contribution in [-0.4, -0.2) is 37.7 Å². The van der Waals surface area contributed by atoms with Gasteiger partial charge in [-0.15, -0.1) is 0 Å². The van der Waals surface area contributed by atoms with Crippen molar-refractivity contribution in [2.75, 3.05) is 14.2 Å². The van der Waals surface area contributed by atoms with E-state index in [9.17, 15) is 4.79 Å². The van der Waals surface area contributed by atoms with Crippen LogP contribution in [0.3, 0.4) is 0 Å². The van der Waals surface area contributed by atoms with Gasteiger partial charge in [0.15, 0.2) is 0 Å². The molecule has 0 spiro atoms. The molecule has 1 aliphatic carbocycles. The van der Waals surface area contributed by atoms with Gasteiger partial charge >= 0.3 is 0 Å². The van der Waals surface area contributed by atoms with Gasteiger partial charge in [-0.1, -0.05) is 39.0 Å². The lowest BCUT2D eigenvalue weighted by atomic mass is 9.80. The monoisotopic (exact) mass is 284 g/mol. The number of rotatable bonds is 8. The van der Waals surface area contributed by atoms with Crippen molar-refractivity contribution in [1.29, 1.82) is 0 Å². The van der Waals surface area contributed by atoms with E-state index < -0.39 is 0 Å². The van der Waals surface area contributed by atoms with Crippen molar-refractivity contribution in [1.82, 2.24) is 10.6 Å². The van der Waals surface area contributed by atoms with E-state index in [1.54, 1.807) is 7.11 Å². The molecule has 1 rings (SSSR count). The molecule has 0 aromatic rings. The summed E-state index contributed by atoms with van der Waals surface area (Å²) < 4.78 is 5.43. The molecule has 0 aliphatic heterocycles. The zero-order valence-corrected chi connectivity index (χ0v) is 13.6. The van der Waals surface area contributed by atoms with Gasteiger partial charge in [0.2, 0.25) is 5.91 Å². The largest absolute Gasteiger partial charge is 0.380 e. The van der Waals surface area contributed by atoms with Gasteiger partial charge < -0.3 is 15.4 Å². The van der Waals surface area contributed by atoms with E-state index in [1.165, 1.54) is 6.42 Å². The second-order valence-electron chi connectivity index (χ2n) is 6.06. The first-order chi connectivity index (χ1) is 9.59. The smallest absolute Gasteiger partial charge is 0.240 e. The van der Waals surface area contributed by atoms with Crippen LogP contribution in [-0.2, 0) is 9.53 Å². The van der Waals surface area contributed by atoms with Crippen LogP contribution >= 0.6 is 0 Å². The predicted octanol–water partition coefficient (Wildman–Crippen LogP) is 2.62. The third-order valence-electron chi connectivity index (χ3n) is 4.74. The van der Waals surface area contributed by atoms with Crippen LogP contribution < -0.4 is 10.6 Å². The minimum absolute atomic E-state index is 0.0583. The molecule has 118 valence electrons. The van der Waals surface area contributed by atoms with E-state index in [1.807, 2.05) is 14.0 Å². The summed E-state index contributed by atoms with van der Waals surface area (Å²) in [5.74, 6) is 0.157. The van der Waals surface area contributed by atoms with Gasteiger partial charge in [-0.3, -0.25) is 4.79 Å². The topological polar surface area (TPSA) is 50.4 Å². The van der Waals surface area contributed by atoms with Gasteiger partial charge in [0, 0.05) is 7.11 Å². The van der Waals surface area contributed by atoms with Crippen molar-refractivity contribution in [3.8, 4) is 0 Å². The second-order valence-corrected chi connectivity index (χ2v) is 6.06. The van der Waals surface area contributed by atoms with Crippen LogP contribution in [0.1, 0.15) is 65.2 Å². The maximum atomic E-state index is 12.7. The van der Waals surface area contributed by atoms with Crippen LogP contribution in [0.2, 0.25) is 0 Å². The number of hydrogen-bond acceptors (Lipinski definition) is 3. The number of methoxy groups -OCH3 is 1. The van der Waals surface area contributed by atoms with Crippen molar-refractivity contribution in [3.05, 3.63) is 0 Å². The van der Waals surface area contributed by atoms with Crippen LogP contribution in [0.5, 0.6) is 0 Å². The molecule has 1 fully saturated rings. The molecule has 1 amide bonds. The van der Waals surface area contributed by atoms with Crippen molar-refractivity contribution in [3.63, 3.8) is 0 Å². The minimum Gasteiger partial charge on any atom is -0.380 e. The maximum Gasteiger partial charge on any atom is 0.240 e. The molecule has 0 aromatic heterocycles. The van der Waals surface area contributed by atoms with E-state index in [4.69, 9.17) is 4.74 Å². The van der Waals surface area contributed by atoms with E-state index in [2.05, 4.69) is 17.6 Å². The van der Waals surface area contributed by atoms with Gasteiger partial charge in [-0.25, -0.2) is 0 Å². The fraction of sp³-hybridized carbons (Fsp3) is 0.938. The Balaban J connectivity index is 2.67. The highest BCUT2D eigenvalue weighted by molar-refractivity contribution is 5.86. The molecular formula is C16H32N2O2. The van der Waals surface area contributed by atoms with Gasteiger partial charge in [-0.05, 0) is 33.2 Å². The Morgan fingerprint density at radius 1 is 1.30 bits per heavy atom. The maximum absolute atomic E-state index is 12.7. The quantitative estimate of drug-likeness (QED) is 0.720. The number of ether oxygens (including phenoxy) is 1. The number of amides is 1. The first-order valence-corrected chi connectivity index (χ1v) is 8.12. The van der Waals surface area contributed by atoms with Gasteiger partial charge in [0.1, 0.15) is 0 Å². The Hall–Kier alpha value is -0.610. The molecule has 0 aromatic carbocycles. The molecule has 4 nitrogen and oxygen atoms in total. The lowest BCUT2D eigenvalue weighted by Crippen LogP contribution is -2.59. The first-order valence-electron chi connectivity index (χ1n) is 8.12. The molecule has 0 heterocycles. The molecule has 0 radical (unpaired) electrons. The summed E-state index contributed by atoms with van der Waals surface area (Å²) in [6.45, 7) is 4.21. The number of hydrogen-bond donors (Lipinski definition) is 2. The fourth-order valence-corrected chi connectivity index (χ4v) is 3.06. The second kappa shape index (κ2) is 8.63. The van der Waals surface area contributed by atoms with E-state index in [0.29, 0.717) is 0 Å². The zero-order valence-electron chi connectivity index (χ0n) is 13.6. The average Bonchev–Trinajstić information content (AvgIpc) is 2.50. The summed E-state index contributed by atoms with van der Waals surface area (Å²) in [6.07, 6.45) is 8.69. The Morgan fingerprint density at radius 2 is 1.95 bits per heavy atom. The summed E-state index contributed by atoms with van der Waals surface area (Å²) >= 11 is 0. The molecule has 0 bridgehead atoms. The summed E-state index contributed by atoms with van der Waals surface area (Å²) in [4.78, 5) is 12.7. The van der Waals surface area contributed by atoms with E-state index in [0.717, 1.165) is 44.9 Å². The van der Waals surface area contributed by atoms with Crippen LogP contribution in [0.4, 0.5) is 0 Å². The summed E-state index contributed by atoms with van der Waals surface area (Å²) in [7, 11) is 3.62. The first kappa shape index (κ1) is 17.4. The van der Waals surface area contributed by atoms with Crippen molar-refractivity contribution in [2.45, 2.75) is 82.9 Å². The SMILES string of the molecule is CCCC[C@H](NC(=O)C1(NC)CCCCC1)C(C)OC. The molecule has 1 unspecified atom stereocenters. The Kier molecular flexibility index (Phi) is 7.52. The molecule has 4 heteroatoms. The molecule has 20 heavy (non-hydrogen) atoms. The minimum atomic E-state index is -0.365. The van der Waals surface area contributed by atoms with Crippen LogP contribution in [0, 0.1) is 0 Å². The summed E-state index contributed by atoms with van der Waals surface area (Å²) in [5, 5.41) is 6.52. The number of unbranched alkanes of at least 4 members (excludes halogenated alkanes) is 1. The average molecular weight is 284 g/mol. The molecular weight excluding hydrogens is 252 g/mol. The Morgan fingerprint density at radius 3 is 2.45 bits per heavy atom. The summed E-state index contributed by atoms with van der Waals surface area (Å²) in [5.41, 5.74) is -0.365. The molecule has 2 atom stereocenters. The van der Waals surface area contributed by atoms with Crippen molar-refractivity contribution >= 4 is 5.91 Å². The number of carbonyl (C=O) groups is 1. The van der Waals surface area contributed by atoms with Gasteiger partial charge in [-0.2, -0.15) is 0 Å². The standard InChI is InChI=1S/C16H32N2O2/c1-5-6-10-14(13(2)20-4)18-15(19)16(17-3)11-8-7-9-12-16/h13-14,17H,5-12H2,1-4H3,(H,18,19)/t13?,14-/m0/s1. The zero-order chi connectivity index (χ0) is 15.0. The lowest BCUT2D eigenvalue weighted by molar-refractivity contribution is -0.130. The lowest BCUT2D eigenvalue weighted by Gasteiger charge is -2.37. The molecule has 2 N–H and O–H groups in total. The van der Waals surface area contributed by atoms with Crippen LogP contribution in [0.15, 0.2) is 0 Å². The van der Waals surface area contributed by atoms with E-state index in [-0.39, 0.29) is 23.6 Å². The predicted molar refractivity (Wildman–Crippen MR) is 82.8 cm³/mol. The highest BCUT2D eigenvalue weighted by Gasteiger charge is 2.39. The summed E-state index contributed by atoms with van der Waals surface area (Å²) in [6, 6.07) is 0.111. The van der Waals surface area contributed by atoms with Gasteiger partial charge in [0.25, 0.3) is 0 Å². The van der Waals surface area contributed by atoms with Crippen LogP contribution in [0.25, 0.3) is 0 Å². The molecule has 1 saturated carbocycles. The fourth-order valence-electron chi connectivity index (χ4n) is 3.06. The highest BCUT2D eigenvalue weighted by atomic mass is 16.5. The van der Waals surface area contributed by atoms with E-state index >= 15 is 0 Å². The Labute approximate surface area is 124 Å². The van der Waals surface area contributed by atoms with Crippen molar-refractivity contribution in [2.24, 2.45) is 0 Å². The van der Waals surface area contributed by atoms with Crippen molar-refractivity contribution < 1.29 is 9.53 Å². The molecule has 1 aliphatic rings. The molecule has 0 saturated heterocycles. The number of nitrogens with one attached hydrogen (secondary N) is 2. The number of likely N-dealkylation sites (N-methyl/N-ethyl adjacent to an activating group) is 1. The third kappa shape index (κ3) is 4.45.